The quantitative estimate of drug-likeness (QED) is 0.319. The number of nitro groups is 1. The van der Waals surface area contributed by atoms with Crippen molar-refractivity contribution < 1.29 is 19.2 Å². The number of amides is 1. The second-order valence-electron chi connectivity index (χ2n) is 8.96. The molecule has 3 rings (SSSR count). The van der Waals surface area contributed by atoms with Crippen LogP contribution < -0.4 is 0 Å². The van der Waals surface area contributed by atoms with E-state index < -0.39 is 10.9 Å². The first kappa shape index (κ1) is 20.6. The Morgan fingerprint density at radius 3 is 2.68 bits per heavy atom. The molecule has 1 aliphatic carbocycles. The highest BCUT2D eigenvalue weighted by Gasteiger charge is 2.50. The fraction of sp³-hybridized carbons (Fsp3) is 0.600. The smallest absolute Gasteiger partial charge is 0.338 e. The Kier molecular flexibility index (Phi) is 5.44. The summed E-state index contributed by atoms with van der Waals surface area (Å²) in [4.78, 5) is 38.0. The lowest BCUT2D eigenvalue weighted by Gasteiger charge is -2.39. The molecule has 1 heterocycles. The maximum atomic E-state index is 12.7. The second kappa shape index (κ2) is 7.39. The Balaban J connectivity index is 1.65. The molecule has 2 aliphatic rings. The van der Waals surface area contributed by atoms with Gasteiger partial charge in [0.15, 0.2) is 6.61 Å². The van der Waals surface area contributed by atoms with Crippen molar-refractivity contribution in [1.82, 2.24) is 4.90 Å². The van der Waals surface area contributed by atoms with E-state index in [1.165, 1.54) is 30.0 Å². The molecule has 1 aromatic carbocycles. The summed E-state index contributed by atoms with van der Waals surface area (Å²) in [5.74, 6) is -0.923. The lowest BCUT2D eigenvalue weighted by molar-refractivity contribution is -0.387. The standard InChI is InChI=1S/C20H26N2O5S/c1-19(2)8-14-9-20(3,11-19)12-21(14)17(23)10-27-18(24)13-5-6-16(28-4)15(7-13)22(25)26/h5-7,14H,8-12H2,1-4H3/t14-,20+/m1/s1. The number of thioether (sulfide) groups is 1. The Morgan fingerprint density at radius 2 is 2.04 bits per heavy atom. The van der Waals surface area contributed by atoms with Gasteiger partial charge in [-0.05, 0) is 48.5 Å². The van der Waals surface area contributed by atoms with Crippen LogP contribution in [0.15, 0.2) is 23.1 Å². The van der Waals surface area contributed by atoms with Crippen molar-refractivity contribution in [3.8, 4) is 0 Å². The van der Waals surface area contributed by atoms with Crippen molar-refractivity contribution in [2.24, 2.45) is 10.8 Å². The minimum Gasteiger partial charge on any atom is -0.452 e. The number of fused-ring (bicyclic) bond motifs is 2. The molecule has 0 radical (unpaired) electrons. The minimum absolute atomic E-state index is 0.0746. The van der Waals surface area contributed by atoms with Gasteiger partial charge >= 0.3 is 5.97 Å². The summed E-state index contributed by atoms with van der Waals surface area (Å²) in [5, 5.41) is 11.2. The van der Waals surface area contributed by atoms with Crippen LogP contribution in [0, 0.1) is 20.9 Å². The highest BCUT2D eigenvalue weighted by atomic mass is 32.2. The van der Waals surface area contributed by atoms with Crippen molar-refractivity contribution in [2.75, 3.05) is 19.4 Å². The molecular weight excluding hydrogens is 380 g/mol. The molecule has 28 heavy (non-hydrogen) atoms. The van der Waals surface area contributed by atoms with Crippen LogP contribution in [0.1, 0.15) is 50.4 Å². The first-order valence-corrected chi connectivity index (χ1v) is 10.6. The molecule has 0 N–H and O–H groups in total. The molecule has 8 heteroatoms. The van der Waals surface area contributed by atoms with Crippen molar-refractivity contribution >= 4 is 29.3 Å². The molecule has 1 aliphatic heterocycles. The van der Waals surface area contributed by atoms with E-state index in [9.17, 15) is 19.7 Å². The third-order valence-corrected chi connectivity index (χ3v) is 6.46. The van der Waals surface area contributed by atoms with Crippen LogP contribution in [0.4, 0.5) is 5.69 Å². The van der Waals surface area contributed by atoms with E-state index in [-0.39, 0.29) is 40.6 Å². The third-order valence-electron chi connectivity index (χ3n) is 5.67. The van der Waals surface area contributed by atoms with Crippen LogP contribution in [-0.4, -0.2) is 47.1 Å². The molecule has 1 amide bonds. The number of nitro benzene ring substituents is 1. The van der Waals surface area contributed by atoms with Crippen LogP contribution in [0.5, 0.6) is 0 Å². The highest BCUT2D eigenvalue weighted by molar-refractivity contribution is 7.98. The van der Waals surface area contributed by atoms with Crippen molar-refractivity contribution in [1.29, 1.82) is 0 Å². The van der Waals surface area contributed by atoms with Gasteiger partial charge in [-0.2, -0.15) is 0 Å². The number of benzene rings is 1. The van der Waals surface area contributed by atoms with E-state index in [0.717, 1.165) is 19.3 Å². The summed E-state index contributed by atoms with van der Waals surface area (Å²) in [7, 11) is 0. The molecule has 2 fully saturated rings. The normalized spacial score (nSPS) is 25.4. The number of hydrogen-bond acceptors (Lipinski definition) is 6. The molecule has 1 saturated carbocycles. The maximum absolute atomic E-state index is 12.7. The average molecular weight is 407 g/mol. The lowest BCUT2D eigenvalue weighted by Crippen LogP contribution is -2.39. The molecular formula is C20H26N2O5S. The van der Waals surface area contributed by atoms with Gasteiger partial charge in [-0.1, -0.05) is 20.8 Å². The topological polar surface area (TPSA) is 89.8 Å². The van der Waals surface area contributed by atoms with Crippen molar-refractivity contribution in [3.05, 3.63) is 33.9 Å². The van der Waals surface area contributed by atoms with Gasteiger partial charge in [-0.15, -0.1) is 11.8 Å². The molecule has 2 bridgehead atoms. The number of rotatable bonds is 5. The predicted molar refractivity (Wildman–Crippen MR) is 106 cm³/mol. The van der Waals surface area contributed by atoms with Crippen molar-refractivity contribution in [3.63, 3.8) is 0 Å². The fourth-order valence-corrected chi connectivity index (χ4v) is 5.55. The van der Waals surface area contributed by atoms with E-state index in [0.29, 0.717) is 11.4 Å². The number of carbonyl (C=O) groups is 2. The van der Waals surface area contributed by atoms with Gasteiger partial charge < -0.3 is 9.64 Å². The van der Waals surface area contributed by atoms with E-state index in [2.05, 4.69) is 20.8 Å². The van der Waals surface area contributed by atoms with E-state index in [1.54, 1.807) is 6.26 Å². The molecule has 1 saturated heterocycles. The Labute approximate surface area is 169 Å². The summed E-state index contributed by atoms with van der Waals surface area (Å²) < 4.78 is 5.18. The van der Waals surface area contributed by atoms with Crippen LogP contribution in [0.2, 0.25) is 0 Å². The summed E-state index contributed by atoms with van der Waals surface area (Å²) in [5.41, 5.74) is 0.240. The molecule has 152 valence electrons. The van der Waals surface area contributed by atoms with Gasteiger partial charge in [-0.3, -0.25) is 14.9 Å². The summed E-state index contributed by atoms with van der Waals surface area (Å²) in [6.07, 6.45) is 4.74. The molecule has 0 aromatic heterocycles. The Bertz CT molecular complexity index is 825. The predicted octanol–water partition coefficient (Wildman–Crippen LogP) is 3.90. The third kappa shape index (κ3) is 4.16. The van der Waals surface area contributed by atoms with Gasteiger partial charge in [0.1, 0.15) is 0 Å². The Morgan fingerprint density at radius 1 is 1.32 bits per heavy atom. The van der Waals surface area contributed by atoms with Gasteiger partial charge in [0, 0.05) is 18.7 Å². The monoisotopic (exact) mass is 406 g/mol. The largest absolute Gasteiger partial charge is 0.452 e. The number of carbonyl (C=O) groups excluding carboxylic acids is 2. The van der Waals surface area contributed by atoms with Crippen LogP contribution >= 0.6 is 11.8 Å². The lowest BCUT2D eigenvalue weighted by atomic mass is 9.65. The maximum Gasteiger partial charge on any atom is 0.338 e. The zero-order valence-electron chi connectivity index (χ0n) is 16.7. The van der Waals surface area contributed by atoms with Gasteiger partial charge in [0.05, 0.1) is 15.4 Å². The number of esters is 1. The molecule has 7 nitrogen and oxygen atoms in total. The second-order valence-corrected chi connectivity index (χ2v) is 9.80. The van der Waals surface area contributed by atoms with Crippen LogP contribution in [-0.2, 0) is 9.53 Å². The molecule has 2 atom stereocenters. The van der Waals surface area contributed by atoms with E-state index in [1.807, 2.05) is 4.90 Å². The van der Waals surface area contributed by atoms with Gasteiger partial charge in [0.25, 0.3) is 11.6 Å². The van der Waals surface area contributed by atoms with Crippen molar-refractivity contribution in [2.45, 2.75) is 51.0 Å². The zero-order chi connectivity index (χ0) is 20.7. The first-order chi connectivity index (χ1) is 13.0. The van der Waals surface area contributed by atoms with E-state index in [4.69, 9.17) is 4.74 Å². The van der Waals surface area contributed by atoms with Gasteiger partial charge in [0.2, 0.25) is 0 Å². The average Bonchev–Trinajstić information content (AvgIpc) is 2.87. The first-order valence-electron chi connectivity index (χ1n) is 9.33. The molecule has 0 unspecified atom stereocenters. The SMILES string of the molecule is CSc1ccc(C(=O)OCC(=O)N2C[C@@]3(C)C[C@H]2CC(C)(C)C3)cc1[N+](=O)[O-]. The summed E-state index contributed by atoms with van der Waals surface area (Å²) >= 11 is 1.23. The summed E-state index contributed by atoms with van der Waals surface area (Å²) in [6, 6.07) is 4.39. The van der Waals surface area contributed by atoms with Gasteiger partial charge in [-0.25, -0.2) is 4.79 Å². The minimum atomic E-state index is -0.724. The molecule has 1 aromatic rings. The summed E-state index contributed by atoms with van der Waals surface area (Å²) in [6.45, 7) is 7.02. The van der Waals surface area contributed by atoms with Crippen LogP contribution in [0.25, 0.3) is 0 Å². The molecule has 0 spiro atoms. The zero-order valence-corrected chi connectivity index (χ0v) is 17.5. The Hall–Kier alpha value is -2.09. The van der Waals surface area contributed by atoms with E-state index >= 15 is 0 Å². The fourth-order valence-electron chi connectivity index (χ4n) is 5.00. The highest BCUT2D eigenvalue weighted by Crippen LogP contribution is 2.52. The number of nitrogens with zero attached hydrogens (tertiary/aromatic N) is 2. The number of ether oxygens (including phenoxy) is 1. The van der Waals surface area contributed by atoms with Crippen LogP contribution in [0.3, 0.4) is 0 Å². The number of hydrogen-bond donors (Lipinski definition) is 0. The number of likely N-dealkylation sites (tertiary alicyclic amines) is 1.